The first kappa shape index (κ1) is 30.6. The summed E-state index contributed by atoms with van der Waals surface area (Å²) in [5.74, 6) is -0.253. The Kier molecular flexibility index (Phi) is 7.50. The Morgan fingerprint density at radius 3 is 2.47 bits per heavy atom. The van der Waals surface area contributed by atoms with Crippen molar-refractivity contribution in [2.24, 2.45) is 0 Å². The van der Waals surface area contributed by atoms with Crippen LogP contribution in [0.3, 0.4) is 0 Å². The molecule has 7 N–H and O–H groups in total. The van der Waals surface area contributed by atoms with Crippen molar-refractivity contribution in [2.45, 2.75) is 49.1 Å². The molecule has 0 radical (unpaired) electrons. The largest absolute Gasteiger partial charge is 0.780 e. The van der Waals surface area contributed by atoms with Gasteiger partial charge in [-0.05, 0) is 0 Å². The van der Waals surface area contributed by atoms with Crippen molar-refractivity contribution in [3.8, 4) is 0 Å². The number of imidazole rings is 2. The maximum atomic E-state index is 15.9. The third-order valence-corrected chi connectivity index (χ3v) is 9.80. The SMILES string of the molecule is Nc1nc2c(ncn2[C@@H]2O[C@@H]3COP(=O)(O)OC4[C@@H](COP([O-])(=S)O[C@H]2C3O)O[C@@H](n2cnc3c(N)ncnc32)[C@H]4F)c(=O)[nH]1. The molecule has 0 spiro atoms. The van der Waals surface area contributed by atoms with Gasteiger partial charge in [0, 0.05) is 0 Å². The fourth-order valence-corrected chi connectivity index (χ4v) is 7.61. The first-order chi connectivity index (χ1) is 21.3. The predicted octanol–water partition coefficient (Wildman–Crippen LogP) is -1.88. The molecule has 7 heterocycles. The number of phosphoric ester groups is 1. The van der Waals surface area contributed by atoms with Crippen molar-refractivity contribution in [2.75, 3.05) is 24.7 Å². The van der Waals surface area contributed by atoms with E-state index in [1.165, 1.54) is 10.9 Å². The first-order valence-corrected chi connectivity index (χ1v) is 16.9. The van der Waals surface area contributed by atoms with Gasteiger partial charge in [-0.2, -0.15) is 4.98 Å². The monoisotopic (exact) mass is 691 g/mol. The highest BCUT2D eigenvalue weighted by atomic mass is 32.5. The van der Waals surface area contributed by atoms with Crippen LogP contribution in [0.5, 0.6) is 0 Å². The van der Waals surface area contributed by atoms with E-state index >= 15 is 4.39 Å². The van der Waals surface area contributed by atoms with Gasteiger partial charge in [-0.3, -0.25) is 28.0 Å². The minimum Gasteiger partial charge on any atom is -0.780 e. The Morgan fingerprint density at radius 1 is 1.00 bits per heavy atom. The number of aromatic amines is 1. The number of nitrogens with two attached hydrogens (primary N) is 2. The van der Waals surface area contributed by atoms with Gasteiger partial charge in [0.15, 0.2) is 41.3 Å². The van der Waals surface area contributed by atoms with E-state index in [0.717, 1.165) is 17.2 Å². The molecule has 21 nitrogen and oxygen atoms in total. The summed E-state index contributed by atoms with van der Waals surface area (Å²) in [7, 11) is -5.11. The number of alkyl halides is 1. The smallest absolute Gasteiger partial charge is 0.472 e. The third kappa shape index (κ3) is 5.43. The highest BCUT2D eigenvalue weighted by Crippen LogP contribution is 2.53. The number of rotatable bonds is 2. The fourth-order valence-electron chi connectivity index (χ4n) is 5.25. The summed E-state index contributed by atoms with van der Waals surface area (Å²) in [6.45, 7) is -6.15. The number of anilines is 2. The van der Waals surface area contributed by atoms with Crippen molar-refractivity contribution < 1.29 is 51.4 Å². The number of phosphoric acid groups is 1. The van der Waals surface area contributed by atoms with Crippen molar-refractivity contribution in [3.05, 3.63) is 29.3 Å². The van der Waals surface area contributed by atoms with Crippen LogP contribution < -0.4 is 21.9 Å². The van der Waals surface area contributed by atoms with Gasteiger partial charge < -0.3 is 44.9 Å². The molecule has 0 amide bonds. The second-order valence-corrected chi connectivity index (χ2v) is 14.2. The minimum absolute atomic E-state index is 0.0128. The van der Waals surface area contributed by atoms with Crippen LogP contribution in [-0.2, 0) is 43.9 Å². The van der Waals surface area contributed by atoms with Gasteiger partial charge >= 0.3 is 7.82 Å². The number of aliphatic hydroxyl groups excluding tert-OH is 1. The maximum Gasteiger partial charge on any atom is 0.472 e. The number of hydrogen-bond acceptors (Lipinski definition) is 18. The third-order valence-electron chi connectivity index (χ3n) is 7.27. The standard InChI is InChI=1S/C20H23FN10O11P2S/c21-8-12-7(40-18(8)30-4-26-9-14(22)24-3-25-15(9)30)2-38-44(36,45)42-13-11(32)6(1-37-43(34,35)41-12)39-19(13)31-5-27-10-16(31)28-20(23)29-17(10)33/h3-8,11-13,18-19,32H,1-2H2,(H,34,35)(H,36,45)(H2,22,24,25)(H3,23,28,29,33)/p-1/t6-,7-,8+,11?,12?,13+,18-,19-,44?/m1/s1. The molecule has 3 saturated heterocycles. The van der Waals surface area contributed by atoms with E-state index in [9.17, 15) is 24.3 Å². The second kappa shape index (κ2) is 11.0. The lowest BCUT2D eigenvalue weighted by Gasteiger charge is -2.34. The maximum absolute atomic E-state index is 15.9. The lowest BCUT2D eigenvalue weighted by molar-refractivity contribution is -0.218. The van der Waals surface area contributed by atoms with E-state index in [2.05, 4.69) is 29.9 Å². The van der Waals surface area contributed by atoms with E-state index in [1.54, 1.807) is 0 Å². The Balaban J connectivity index is 1.21. The van der Waals surface area contributed by atoms with Crippen LogP contribution in [0.2, 0.25) is 0 Å². The molecule has 3 fully saturated rings. The summed E-state index contributed by atoms with van der Waals surface area (Å²) in [5, 5.41) is 11.0. The molecule has 3 aliphatic rings. The number of hydrogen-bond donors (Lipinski definition) is 5. The van der Waals surface area contributed by atoms with Crippen LogP contribution in [0.1, 0.15) is 12.5 Å². The summed E-state index contributed by atoms with van der Waals surface area (Å²) in [6, 6.07) is 0. The minimum atomic E-state index is -5.11. The van der Waals surface area contributed by atoms with E-state index in [1.807, 2.05) is 0 Å². The van der Waals surface area contributed by atoms with Gasteiger partial charge in [-0.25, -0.2) is 28.9 Å². The fraction of sp³-hybridized carbons (Fsp3) is 0.500. The summed E-state index contributed by atoms with van der Waals surface area (Å²) < 4.78 is 64.0. The highest BCUT2D eigenvalue weighted by molar-refractivity contribution is 8.06. The summed E-state index contributed by atoms with van der Waals surface area (Å²) in [6.07, 6.45) is -9.77. The van der Waals surface area contributed by atoms with Gasteiger partial charge in [0.05, 0.1) is 25.9 Å². The molecule has 7 rings (SSSR count). The number of nitrogens with one attached hydrogen (secondary N) is 1. The van der Waals surface area contributed by atoms with Crippen LogP contribution in [-0.4, -0.2) is 98.9 Å². The van der Waals surface area contributed by atoms with Crippen molar-refractivity contribution in [1.29, 1.82) is 0 Å². The zero-order valence-electron chi connectivity index (χ0n) is 22.3. The molecule has 45 heavy (non-hydrogen) atoms. The van der Waals surface area contributed by atoms with Gasteiger partial charge in [0.25, 0.3) is 5.56 Å². The molecule has 3 aliphatic heterocycles. The Hall–Kier alpha value is -3.05. The lowest BCUT2D eigenvalue weighted by Crippen LogP contribution is -2.36. The van der Waals surface area contributed by atoms with Crippen molar-refractivity contribution >= 4 is 60.4 Å². The van der Waals surface area contributed by atoms with Gasteiger partial charge in [-0.15, -0.1) is 0 Å². The number of nitrogens with zero attached hydrogens (tertiary/aromatic N) is 7. The molecule has 0 aliphatic carbocycles. The number of fused-ring (bicyclic) bond motifs is 5. The van der Waals surface area contributed by atoms with Crippen molar-refractivity contribution in [1.82, 2.24) is 39.0 Å². The molecule has 4 unspecified atom stereocenters. The average molecular weight is 691 g/mol. The molecule has 4 aromatic rings. The Morgan fingerprint density at radius 2 is 1.69 bits per heavy atom. The van der Waals surface area contributed by atoms with Crippen LogP contribution in [0.25, 0.3) is 22.3 Å². The molecule has 242 valence electrons. The number of halogens is 1. The van der Waals surface area contributed by atoms with E-state index in [-0.39, 0.29) is 34.1 Å². The van der Waals surface area contributed by atoms with Gasteiger partial charge in [0.1, 0.15) is 49.1 Å². The summed E-state index contributed by atoms with van der Waals surface area (Å²) >= 11 is 5.07. The number of nitrogen functional groups attached to an aromatic ring is 2. The van der Waals surface area contributed by atoms with E-state index in [0.29, 0.717) is 0 Å². The quantitative estimate of drug-likeness (QED) is 0.144. The number of H-pyrrole nitrogens is 1. The molecule has 2 bridgehead atoms. The zero-order valence-corrected chi connectivity index (χ0v) is 24.9. The summed E-state index contributed by atoms with van der Waals surface area (Å²) in [4.78, 5) is 58.5. The van der Waals surface area contributed by atoms with Crippen LogP contribution >= 0.6 is 14.5 Å². The second-order valence-electron chi connectivity index (χ2n) is 10.1. The van der Waals surface area contributed by atoms with Gasteiger partial charge in [-0.1, -0.05) is 11.8 Å². The average Bonchev–Trinajstić information content (AvgIpc) is 3.72. The zero-order chi connectivity index (χ0) is 31.8. The molecular weight excluding hydrogens is 669 g/mol. The lowest BCUT2D eigenvalue weighted by atomic mass is 10.1. The molecule has 25 heteroatoms. The van der Waals surface area contributed by atoms with Crippen LogP contribution in [0, 0.1) is 0 Å². The molecule has 0 aromatic carbocycles. The van der Waals surface area contributed by atoms with Crippen LogP contribution in [0.4, 0.5) is 16.2 Å². The summed E-state index contributed by atoms with van der Waals surface area (Å²) in [5.41, 5.74) is 10.8. The Bertz CT molecular complexity index is 1950. The predicted molar refractivity (Wildman–Crippen MR) is 147 cm³/mol. The number of aliphatic hydroxyl groups is 1. The van der Waals surface area contributed by atoms with E-state index in [4.69, 9.17) is 50.8 Å². The van der Waals surface area contributed by atoms with Crippen LogP contribution in [0.15, 0.2) is 23.8 Å². The molecule has 0 saturated carbocycles. The first-order valence-electron chi connectivity index (χ1n) is 12.9. The number of aromatic nitrogens is 8. The van der Waals surface area contributed by atoms with E-state index < -0.39 is 82.5 Å². The topological polar surface area (TPSA) is 295 Å². The molecule has 10 atom stereocenters. The highest BCUT2D eigenvalue weighted by Gasteiger charge is 2.53. The number of ether oxygens (including phenoxy) is 2. The normalized spacial score (nSPS) is 37.7. The molecular formula is C20H22FN10O11P2S-. The van der Waals surface area contributed by atoms with Gasteiger partial charge in [0.2, 0.25) is 5.95 Å². The molecule has 4 aromatic heterocycles. The van der Waals surface area contributed by atoms with Crippen molar-refractivity contribution in [3.63, 3.8) is 0 Å². The Labute approximate surface area is 254 Å².